The van der Waals surface area contributed by atoms with Crippen molar-refractivity contribution < 1.29 is 4.79 Å². The topological polar surface area (TPSA) is 54.0 Å². The molecule has 19 heavy (non-hydrogen) atoms. The fourth-order valence-electron chi connectivity index (χ4n) is 1.94. The van der Waals surface area contributed by atoms with Crippen LogP contribution in [0, 0.1) is 5.92 Å². The highest BCUT2D eigenvalue weighted by atomic mass is 35.5. The zero-order valence-electron chi connectivity index (χ0n) is 10.9. The normalized spacial score (nSPS) is 18.3. The first-order chi connectivity index (χ1) is 9.20. The van der Waals surface area contributed by atoms with Crippen LogP contribution in [-0.4, -0.2) is 35.5 Å². The maximum Gasteiger partial charge on any atom is 0.252 e. The molecule has 2 N–H and O–H groups in total. The Morgan fingerprint density at radius 1 is 1.63 bits per heavy atom. The first-order valence-electron chi connectivity index (χ1n) is 6.46. The largest absolute Gasteiger partial charge is 0.369 e. The van der Waals surface area contributed by atoms with Crippen molar-refractivity contribution in [2.75, 3.05) is 29.9 Å². The zero-order valence-corrected chi connectivity index (χ0v) is 12.5. The summed E-state index contributed by atoms with van der Waals surface area (Å²) in [5.41, 5.74) is 0.511. The number of nitrogens with zero attached hydrogens (tertiary/aromatic N) is 1. The van der Waals surface area contributed by atoms with Crippen molar-refractivity contribution in [1.82, 2.24) is 10.3 Å². The standard InChI is InChI=1S/C13H18ClN3OS/c1-2-15-12-11(14)5-10(7-16-12)13(18)17-6-9-3-4-19-8-9/h5,7,9H,2-4,6,8H2,1H3,(H,15,16)(H,17,18). The number of aromatic nitrogens is 1. The molecule has 2 heterocycles. The number of halogens is 1. The van der Waals surface area contributed by atoms with Gasteiger partial charge in [-0.1, -0.05) is 11.6 Å². The summed E-state index contributed by atoms with van der Waals surface area (Å²) in [4.78, 5) is 16.1. The van der Waals surface area contributed by atoms with Crippen LogP contribution < -0.4 is 10.6 Å². The Morgan fingerprint density at radius 2 is 2.47 bits per heavy atom. The summed E-state index contributed by atoms with van der Waals surface area (Å²) < 4.78 is 0. The van der Waals surface area contributed by atoms with Crippen molar-refractivity contribution in [2.24, 2.45) is 5.92 Å². The van der Waals surface area contributed by atoms with E-state index in [1.54, 1.807) is 12.3 Å². The molecule has 1 aromatic rings. The van der Waals surface area contributed by atoms with Gasteiger partial charge in [0.05, 0.1) is 10.6 Å². The van der Waals surface area contributed by atoms with E-state index in [1.807, 2.05) is 18.7 Å². The Morgan fingerprint density at radius 3 is 3.11 bits per heavy atom. The van der Waals surface area contributed by atoms with Crippen molar-refractivity contribution in [3.63, 3.8) is 0 Å². The fraction of sp³-hybridized carbons (Fsp3) is 0.538. The van der Waals surface area contributed by atoms with Crippen LogP contribution >= 0.6 is 23.4 Å². The van der Waals surface area contributed by atoms with Crippen LogP contribution in [0.1, 0.15) is 23.7 Å². The minimum atomic E-state index is -0.102. The first kappa shape index (κ1) is 14.5. The summed E-state index contributed by atoms with van der Waals surface area (Å²) in [5, 5.41) is 6.47. The van der Waals surface area contributed by atoms with E-state index in [9.17, 15) is 4.79 Å². The van der Waals surface area contributed by atoms with Crippen molar-refractivity contribution in [3.05, 3.63) is 22.8 Å². The van der Waals surface area contributed by atoms with E-state index in [0.717, 1.165) is 18.8 Å². The Bertz CT molecular complexity index is 450. The molecule has 0 aliphatic carbocycles. The van der Waals surface area contributed by atoms with Crippen LogP contribution in [0.15, 0.2) is 12.3 Å². The Hall–Kier alpha value is -0.940. The van der Waals surface area contributed by atoms with Crippen molar-refractivity contribution >= 4 is 35.1 Å². The second-order valence-electron chi connectivity index (χ2n) is 4.52. The quantitative estimate of drug-likeness (QED) is 0.877. The second kappa shape index (κ2) is 7.01. The molecule has 1 aromatic heterocycles. The van der Waals surface area contributed by atoms with Gasteiger partial charge in [0.2, 0.25) is 0 Å². The molecule has 4 nitrogen and oxygen atoms in total. The lowest BCUT2D eigenvalue weighted by atomic mass is 10.1. The predicted octanol–water partition coefficient (Wildman–Crippen LogP) is 2.65. The molecule has 6 heteroatoms. The number of amides is 1. The van der Waals surface area contributed by atoms with Crippen LogP contribution in [0.4, 0.5) is 5.82 Å². The van der Waals surface area contributed by atoms with E-state index in [2.05, 4.69) is 15.6 Å². The molecule has 1 aliphatic heterocycles. The van der Waals surface area contributed by atoms with E-state index in [-0.39, 0.29) is 5.91 Å². The lowest BCUT2D eigenvalue weighted by Crippen LogP contribution is -2.29. The third-order valence-corrected chi connectivity index (χ3v) is 4.54. The minimum Gasteiger partial charge on any atom is -0.369 e. The number of pyridine rings is 1. The maximum atomic E-state index is 12.0. The van der Waals surface area contributed by atoms with Crippen LogP contribution in [0.25, 0.3) is 0 Å². The summed E-state index contributed by atoms with van der Waals surface area (Å²) in [6, 6.07) is 1.66. The van der Waals surface area contributed by atoms with Crippen LogP contribution in [0.2, 0.25) is 5.02 Å². The van der Waals surface area contributed by atoms with Gasteiger partial charge in [0.25, 0.3) is 5.91 Å². The molecule has 0 spiro atoms. The highest BCUT2D eigenvalue weighted by molar-refractivity contribution is 7.99. The monoisotopic (exact) mass is 299 g/mol. The van der Waals surface area contributed by atoms with E-state index in [1.165, 1.54) is 12.2 Å². The summed E-state index contributed by atoms with van der Waals surface area (Å²) >= 11 is 8.02. The molecule has 0 aromatic carbocycles. The fourth-order valence-corrected chi connectivity index (χ4v) is 3.46. The van der Waals surface area contributed by atoms with Gasteiger partial charge in [-0.3, -0.25) is 4.79 Å². The van der Waals surface area contributed by atoms with Crippen LogP contribution in [0.3, 0.4) is 0 Å². The molecule has 1 fully saturated rings. The molecule has 104 valence electrons. The average Bonchev–Trinajstić information content (AvgIpc) is 2.91. The van der Waals surface area contributed by atoms with Gasteiger partial charge in [-0.05, 0) is 36.8 Å². The van der Waals surface area contributed by atoms with Gasteiger partial charge in [0.15, 0.2) is 0 Å². The van der Waals surface area contributed by atoms with Crippen molar-refractivity contribution in [2.45, 2.75) is 13.3 Å². The van der Waals surface area contributed by atoms with Crippen molar-refractivity contribution in [3.8, 4) is 0 Å². The van der Waals surface area contributed by atoms with Crippen molar-refractivity contribution in [1.29, 1.82) is 0 Å². The lowest BCUT2D eigenvalue weighted by molar-refractivity contribution is 0.0948. The van der Waals surface area contributed by atoms with E-state index >= 15 is 0 Å². The summed E-state index contributed by atoms with van der Waals surface area (Å²) in [6.07, 6.45) is 2.74. The van der Waals surface area contributed by atoms with Gasteiger partial charge >= 0.3 is 0 Å². The number of hydrogen-bond donors (Lipinski definition) is 2. The van der Waals surface area contributed by atoms with Gasteiger partial charge in [0.1, 0.15) is 5.82 Å². The Kier molecular flexibility index (Phi) is 5.34. The van der Waals surface area contributed by atoms with Crippen LogP contribution in [-0.2, 0) is 0 Å². The number of nitrogens with one attached hydrogen (secondary N) is 2. The highest BCUT2D eigenvalue weighted by Crippen LogP contribution is 2.23. The maximum absolute atomic E-state index is 12.0. The Labute approximate surface area is 122 Å². The molecular formula is C13H18ClN3OS. The first-order valence-corrected chi connectivity index (χ1v) is 7.99. The van der Waals surface area contributed by atoms with E-state index in [0.29, 0.717) is 22.3 Å². The van der Waals surface area contributed by atoms with Gasteiger partial charge in [-0.2, -0.15) is 11.8 Å². The molecule has 1 saturated heterocycles. The second-order valence-corrected chi connectivity index (χ2v) is 6.08. The number of anilines is 1. The molecule has 0 saturated carbocycles. The molecular weight excluding hydrogens is 282 g/mol. The third kappa shape index (κ3) is 4.01. The van der Waals surface area contributed by atoms with Gasteiger partial charge in [-0.15, -0.1) is 0 Å². The Balaban J connectivity index is 1.92. The molecule has 1 atom stereocenters. The summed E-state index contributed by atoms with van der Waals surface area (Å²) in [7, 11) is 0. The molecule has 0 bridgehead atoms. The average molecular weight is 300 g/mol. The van der Waals surface area contributed by atoms with Gasteiger partial charge in [-0.25, -0.2) is 4.98 Å². The number of carbonyl (C=O) groups is 1. The van der Waals surface area contributed by atoms with E-state index < -0.39 is 0 Å². The van der Waals surface area contributed by atoms with E-state index in [4.69, 9.17) is 11.6 Å². The highest BCUT2D eigenvalue weighted by Gasteiger charge is 2.17. The number of rotatable bonds is 5. The SMILES string of the molecule is CCNc1ncc(C(=O)NCC2CCSC2)cc1Cl. The predicted molar refractivity (Wildman–Crippen MR) is 81.2 cm³/mol. The van der Waals surface area contributed by atoms with Gasteiger partial charge < -0.3 is 10.6 Å². The molecule has 1 aliphatic rings. The number of thioether (sulfide) groups is 1. The third-order valence-electron chi connectivity index (χ3n) is 3.02. The number of carbonyl (C=O) groups excluding carboxylic acids is 1. The minimum absolute atomic E-state index is 0.102. The molecule has 0 radical (unpaired) electrons. The summed E-state index contributed by atoms with van der Waals surface area (Å²) in [5.74, 6) is 3.45. The van der Waals surface area contributed by atoms with Gasteiger partial charge in [0, 0.05) is 19.3 Å². The zero-order chi connectivity index (χ0) is 13.7. The summed E-state index contributed by atoms with van der Waals surface area (Å²) in [6.45, 7) is 3.45. The molecule has 1 amide bonds. The van der Waals surface area contributed by atoms with Crippen LogP contribution in [0.5, 0.6) is 0 Å². The molecule has 1 unspecified atom stereocenters. The number of hydrogen-bond acceptors (Lipinski definition) is 4. The lowest BCUT2D eigenvalue weighted by Gasteiger charge is -2.11. The molecule has 2 rings (SSSR count). The smallest absolute Gasteiger partial charge is 0.252 e.